The maximum atomic E-state index is 12.7. The Balaban J connectivity index is 1.24. The van der Waals surface area contributed by atoms with Crippen molar-refractivity contribution < 1.29 is 18.0 Å². The van der Waals surface area contributed by atoms with Gasteiger partial charge in [-0.25, -0.2) is 4.98 Å². The van der Waals surface area contributed by atoms with Crippen LogP contribution < -0.4 is 15.5 Å². The number of rotatable bonds is 7. The summed E-state index contributed by atoms with van der Waals surface area (Å²) in [5.74, 6) is 2.02. The van der Waals surface area contributed by atoms with E-state index in [2.05, 4.69) is 15.6 Å². The quantitative estimate of drug-likeness (QED) is 0.471. The molecule has 1 heterocycles. The molecule has 0 spiro atoms. The fraction of sp³-hybridized carbons (Fsp3) is 0.423. The minimum Gasteiger partial charge on any atom is -0.362 e. The predicted molar refractivity (Wildman–Crippen MR) is 132 cm³/mol. The van der Waals surface area contributed by atoms with Crippen molar-refractivity contribution >= 4 is 28.6 Å². The van der Waals surface area contributed by atoms with Crippen molar-refractivity contribution in [2.24, 2.45) is 11.8 Å². The Kier molecular flexibility index (Phi) is 7.42. The summed E-state index contributed by atoms with van der Waals surface area (Å²) in [6, 6.07) is 12.3. The summed E-state index contributed by atoms with van der Waals surface area (Å²) in [7, 11) is 3.94. The van der Waals surface area contributed by atoms with Crippen LogP contribution in [0.1, 0.15) is 41.6 Å². The van der Waals surface area contributed by atoms with Gasteiger partial charge < -0.3 is 15.5 Å². The second kappa shape index (κ2) is 10.5. The van der Waals surface area contributed by atoms with Crippen molar-refractivity contribution in [1.29, 1.82) is 0 Å². The van der Waals surface area contributed by atoms with Gasteiger partial charge in [0.25, 0.3) is 5.91 Å². The van der Waals surface area contributed by atoms with Gasteiger partial charge in [-0.15, -0.1) is 0 Å². The number of hydrogen-bond acceptors (Lipinski definition) is 5. The highest BCUT2D eigenvalue weighted by molar-refractivity contribution is 5.94. The van der Waals surface area contributed by atoms with E-state index in [4.69, 9.17) is 4.98 Å². The van der Waals surface area contributed by atoms with Crippen molar-refractivity contribution in [2.75, 3.05) is 37.4 Å². The van der Waals surface area contributed by atoms with Crippen LogP contribution in [0.15, 0.2) is 48.5 Å². The minimum absolute atomic E-state index is 0.239. The number of fused-ring (bicyclic) bond motifs is 1. The zero-order valence-electron chi connectivity index (χ0n) is 19.9. The van der Waals surface area contributed by atoms with Gasteiger partial charge in [-0.2, -0.15) is 18.2 Å². The molecular weight excluding hydrogens is 455 g/mol. The average Bonchev–Trinajstić information content (AvgIpc) is 2.85. The Bertz CT molecular complexity index is 1160. The Morgan fingerprint density at radius 2 is 1.57 bits per heavy atom. The summed E-state index contributed by atoms with van der Waals surface area (Å²) in [4.78, 5) is 23.7. The van der Waals surface area contributed by atoms with Crippen LogP contribution in [0.4, 0.5) is 24.9 Å². The Morgan fingerprint density at radius 1 is 0.943 bits per heavy atom. The standard InChI is InChI=1S/C26H30F3N5O/c1-34(2)23-21-5-3-4-6-22(21)32-25(33-23)31-16-18-9-7-17(8-10-18)15-30-24(35)19-11-13-20(14-12-19)26(27,28)29/h3-6,11-14,17-18H,7-10,15-16H2,1-2H3,(H,30,35)(H,31,32,33). The summed E-state index contributed by atoms with van der Waals surface area (Å²) < 4.78 is 38.1. The first-order valence-electron chi connectivity index (χ1n) is 11.8. The molecule has 0 radical (unpaired) electrons. The maximum absolute atomic E-state index is 12.7. The highest BCUT2D eigenvalue weighted by Gasteiger charge is 2.30. The highest BCUT2D eigenvalue weighted by Crippen LogP contribution is 2.30. The molecule has 1 fully saturated rings. The fourth-order valence-electron chi connectivity index (χ4n) is 4.50. The largest absolute Gasteiger partial charge is 0.416 e. The summed E-state index contributed by atoms with van der Waals surface area (Å²) in [5, 5.41) is 7.29. The molecule has 2 aromatic carbocycles. The van der Waals surface area contributed by atoms with Gasteiger partial charge in [0.15, 0.2) is 0 Å². The number of nitrogens with one attached hydrogen (secondary N) is 2. The van der Waals surface area contributed by atoms with Gasteiger partial charge in [0, 0.05) is 38.1 Å². The third-order valence-electron chi connectivity index (χ3n) is 6.55. The molecule has 4 rings (SSSR count). The van der Waals surface area contributed by atoms with Gasteiger partial charge in [-0.1, -0.05) is 12.1 Å². The summed E-state index contributed by atoms with van der Waals surface area (Å²) >= 11 is 0. The number of carbonyl (C=O) groups is 1. The van der Waals surface area contributed by atoms with Crippen LogP contribution in [0.3, 0.4) is 0 Å². The fourth-order valence-corrected chi connectivity index (χ4v) is 4.50. The lowest BCUT2D eigenvalue weighted by atomic mass is 9.82. The molecule has 1 aliphatic rings. The topological polar surface area (TPSA) is 70.2 Å². The smallest absolute Gasteiger partial charge is 0.362 e. The number of hydrogen-bond donors (Lipinski definition) is 2. The molecule has 1 aromatic heterocycles. The number of alkyl halides is 3. The van der Waals surface area contributed by atoms with Crippen molar-refractivity contribution in [3.05, 3.63) is 59.7 Å². The van der Waals surface area contributed by atoms with Gasteiger partial charge in [0.1, 0.15) is 5.82 Å². The van der Waals surface area contributed by atoms with E-state index in [-0.39, 0.29) is 11.5 Å². The number of nitrogens with zero attached hydrogens (tertiary/aromatic N) is 3. The molecule has 0 atom stereocenters. The molecule has 0 unspecified atom stereocenters. The van der Waals surface area contributed by atoms with Gasteiger partial charge in [-0.05, 0) is 73.9 Å². The zero-order chi connectivity index (χ0) is 25.0. The number of amides is 1. The number of halogens is 3. The van der Waals surface area contributed by atoms with Crippen molar-refractivity contribution in [3.63, 3.8) is 0 Å². The number of para-hydroxylation sites is 1. The molecule has 2 N–H and O–H groups in total. The number of aromatic nitrogens is 2. The summed E-state index contributed by atoms with van der Waals surface area (Å²) in [5.41, 5.74) is 0.387. The van der Waals surface area contributed by atoms with Crippen molar-refractivity contribution in [3.8, 4) is 0 Å². The zero-order valence-corrected chi connectivity index (χ0v) is 19.9. The molecule has 9 heteroatoms. The van der Waals surface area contributed by atoms with E-state index in [0.29, 0.717) is 24.3 Å². The minimum atomic E-state index is -4.41. The van der Waals surface area contributed by atoms with Crippen LogP contribution in [-0.4, -0.2) is 43.1 Å². The van der Waals surface area contributed by atoms with Crippen LogP contribution in [0.5, 0.6) is 0 Å². The van der Waals surface area contributed by atoms with E-state index < -0.39 is 11.7 Å². The lowest BCUT2D eigenvalue weighted by molar-refractivity contribution is -0.137. The molecule has 0 saturated heterocycles. The molecule has 1 saturated carbocycles. The molecule has 1 aliphatic carbocycles. The van der Waals surface area contributed by atoms with Gasteiger partial charge in [0.2, 0.25) is 5.95 Å². The molecule has 6 nitrogen and oxygen atoms in total. The number of benzene rings is 2. The first-order chi connectivity index (χ1) is 16.7. The van der Waals surface area contributed by atoms with Crippen LogP contribution in [0.2, 0.25) is 0 Å². The van der Waals surface area contributed by atoms with E-state index in [1.165, 1.54) is 12.1 Å². The first kappa shape index (κ1) is 24.8. The lowest BCUT2D eigenvalue weighted by Gasteiger charge is -2.29. The number of anilines is 2. The maximum Gasteiger partial charge on any atom is 0.416 e. The molecule has 186 valence electrons. The van der Waals surface area contributed by atoms with Crippen LogP contribution in [0.25, 0.3) is 10.9 Å². The van der Waals surface area contributed by atoms with E-state index in [9.17, 15) is 18.0 Å². The van der Waals surface area contributed by atoms with Crippen LogP contribution in [0, 0.1) is 11.8 Å². The highest BCUT2D eigenvalue weighted by atomic mass is 19.4. The van der Waals surface area contributed by atoms with Crippen molar-refractivity contribution in [1.82, 2.24) is 15.3 Å². The Hall–Kier alpha value is -3.36. The lowest BCUT2D eigenvalue weighted by Crippen LogP contribution is -2.32. The summed E-state index contributed by atoms with van der Waals surface area (Å²) in [6.07, 6.45) is -0.371. The normalized spacial score (nSPS) is 18.3. The SMILES string of the molecule is CN(C)c1nc(NCC2CCC(CNC(=O)c3ccc(C(F)(F)F)cc3)CC2)nc2ccccc12. The van der Waals surface area contributed by atoms with Crippen molar-refractivity contribution in [2.45, 2.75) is 31.9 Å². The average molecular weight is 486 g/mol. The van der Waals surface area contributed by atoms with Crippen LogP contribution in [-0.2, 0) is 6.18 Å². The van der Waals surface area contributed by atoms with E-state index in [0.717, 1.165) is 61.1 Å². The third-order valence-corrected chi connectivity index (χ3v) is 6.55. The van der Waals surface area contributed by atoms with Gasteiger partial charge >= 0.3 is 6.18 Å². The second-order valence-electron chi connectivity index (χ2n) is 9.34. The van der Waals surface area contributed by atoms with E-state index >= 15 is 0 Å². The number of carbonyl (C=O) groups excluding carboxylic acids is 1. The molecule has 0 bridgehead atoms. The molecule has 0 aliphatic heterocycles. The third kappa shape index (κ3) is 6.21. The van der Waals surface area contributed by atoms with Gasteiger partial charge in [0.05, 0.1) is 11.1 Å². The first-order valence-corrected chi connectivity index (χ1v) is 11.8. The predicted octanol–water partition coefficient (Wildman–Crippen LogP) is 5.36. The molecule has 35 heavy (non-hydrogen) atoms. The van der Waals surface area contributed by atoms with E-state index in [1.807, 2.05) is 43.3 Å². The van der Waals surface area contributed by atoms with Crippen LogP contribution >= 0.6 is 0 Å². The Labute approximate surface area is 203 Å². The summed E-state index contributed by atoms with van der Waals surface area (Å²) in [6.45, 7) is 1.32. The molecule has 3 aromatic rings. The van der Waals surface area contributed by atoms with E-state index in [1.54, 1.807) is 0 Å². The molecular formula is C26H30F3N5O. The molecule has 1 amide bonds. The second-order valence-corrected chi connectivity index (χ2v) is 9.34. The monoisotopic (exact) mass is 485 g/mol. The Morgan fingerprint density at radius 3 is 2.20 bits per heavy atom. The van der Waals surface area contributed by atoms with Gasteiger partial charge in [-0.3, -0.25) is 4.79 Å².